The van der Waals surface area contributed by atoms with Crippen molar-refractivity contribution in [3.05, 3.63) is 46.0 Å². The molecule has 17 heavy (non-hydrogen) atoms. The highest BCUT2D eigenvalue weighted by Crippen LogP contribution is 2.42. The summed E-state index contributed by atoms with van der Waals surface area (Å²) in [7, 11) is 0. The Hall–Kier alpha value is -1.19. The predicted molar refractivity (Wildman–Crippen MR) is 67.0 cm³/mol. The number of ether oxygens (including phenoxy) is 1. The van der Waals surface area contributed by atoms with Crippen LogP contribution in [0.25, 0.3) is 0 Å². The largest absolute Gasteiger partial charge is 0.492 e. The van der Waals surface area contributed by atoms with Gasteiger partial charge in [-0.1, -0.05) is 23.2 Å². The molecule has 1 aliphatic heterocycles. The molecule has 3 rings (SSSR count). The number of H-pyrrole nitrogens is 1. The van der Waals surface area contributed by atoms with Gasteiger partial charge in [-0.15, -0.1) is 0 Å². The zero-order valence-electron chi connectivity index (χ0n) is 8.91. The lowest BCUT2D eigenvalue weighted by atomic mass is 9.92. The van der Waals surface area contributed by atoms with E-state index in [2.05, 4.69) is 9.97 Å². The van der Waals surface area contributed by atoms with E-state index in [4.69, 9.17) is 27.9 Å². The third-order valence-electron chi connectivity index (χ3n) is 2.91. The molecule has 88 valence electrons. The maximum atomic E-state index is 6.13. The van der Waals surface area contributed by atoms with Crippen LogP contribution >= 0.6 is 23.2 Å². The Balaban J connectivity index is 2.13. The van der Waals surface area contributed by atoms with Crippen LogP contribution in [-0.4, -0.2) is 16.6 Å². The standard InChI is InChI=1S/C12H10Cl2N2O/c13-7-5-9-8(12-15-2-3-16-12)1-4-17-11(9)10(14)6-7/h2-3,5-6,8H,1,4H2,(H,15,16). The van der Waals surface area contributed by atoms with Crippen molar-refractivity contribution in [3.63, 3.8) is 0 Å². The Morgan fingerprint density at radius 3 is 3.00 bits per heavy atom. The molecule has 1 aromatic heterocycles. The van der Waals surface area contributed by atoms with Crippen LogP contribution in [0.4, 0.5) is 0 Å². The number of fused-ring (bicyclic) bond motifs is 1. The van der Waals surface area contributed by atoms with Crippen molar-refractivity contribution in [1.29, 1.82) is 0 Å². The lowest BCUT2D eigenvalue weighted by Crippen LogP contribution is -2.16. The summed E-state index contributed by atoms with van der Waals surface area (Å²) in [5.41, 5.74) is 1.00. The summed E-state index contributed by atoms with van der Waals surface area (Å²) >= 11 is 12.2. The smallest absolute Gasteiger partial charge is 0.141 e. The Bertz CT molecular complexity index is 540. The Morgan fingerprint density at radius 2 is 2.24 bits per heavy atom. The molecule has 0 amide bonds. The molecule has 0 bridgehead atoms. The lowest BCUT2D eigenvalue weighted by molar-refractivity contribution is 0.275. The highest BCUT2D eigenvalue weighted by atomic mass is 35.5. The maximum absolute atomic E-state index is 6.13. The van der Waals surface area contributed by atoms with E-state index in [0.717, 1.165) is 23.6 Å². The second kappa shape index (κ2) is 4.24. The lowest BCUT2D eigenvalue weighted by Gasteiger charge is -2.25. The van der Waals surface area contributed by atoms with E-state index in [1.165, 1.54) is 0 Å². The molecular formula is C12H10Cl2N2O. The van der Waals surface area contributed by atoms with E-state index in [-0.39, 0.29) is 5.92 Å². The van der Waals surface area contributed by atoms with Gasteiger partial charge in [0.15, 0.2) is 0 Å². The first-order valence-electron chi connectivity index (χ1n) is 5.36. The van der Waals surface area contributed by atoms with Crippen molar-refractivity contribution in [2.45, 2.75) is 12.3 Å². The molecule has 0 saturated heterocycles. The Labute approximate surface area is 109 Å². The van der Waals surface area contributed by atoms with Gasteiger partial charge < -0.3 is 9.72 Å². The van der Waals surface area contributed by atoms with Gasteiger partial charge in [0, 0.05) is 28.9 Å². The summed E-state index contributed by atoms with van der Waals surface area (Å²) in [5.74, 6) is 1.82. The van der Waals surface area contributed by atoms with Crippen molar-refractivity contribution in [3.8, 4) is 5.75 Å². The van der Waals surface area contributed by atoms with Crippen LogP contribution in [0.3, 0.4) is 0 Å². The molecule has 3 nitrogen and oxygen atoms in total. The number of aromatic amines is 1. The van der Waals surface area contributed by atoms with E-state index in [1.54, 1.807) is 12.3 Å². The van der Waals surface area contributed by atoms with Gasteiger partial charge in [0.05, 0.1) is 11.6 Å². The van der Waals surface area contributed by atoms with Gasteiger partial charge in [-0.3, -0.25) is 0 Å². The van der Waals surface area contributed by atoms with E-state index in [9.17, 15) is 0 Å². The third kappa shape index (κ3) is 1.90. The molecular weight excluding hydrogens is 259 g/mol. The fourth-order valence-corrected chi connectivity index (χ4v) is 2.74. The molecule has 1 aromatic carbocycles. The average molecular weight is 269 g/mol. The van der Waals surface area contributed by atoms with E-state index < -0.39 is 0 Å². The summed E-state index contributed by atoms with van der Waals surface area (Å²) in [6.07, 6.45) is 4.43. The summed E-state index contributed by atoms with van der Waals surface area (Å²) in [4.78, 5) is 7.43. The van der Waals surface area contributed by atoms with Gasteiger partial charge in [-0.25, -0.2) is 4.98 Å². The van der Waals surface area contributed by atoms with Crippen molar-refractivity contribution >= 4 is 23.2 Å². The number of nitrogens with zero attached hydrogens (tertiary/aromatic N) is 1. The normalized spacial score (nSPS) is 18.6. The number of aromatic nitrogens is 2. The highest BCUT2D eigenvalue weighted by molar-refractivity contribution is 6.35. The number of hydrogen-bond donors (Lipinski definition) is 1. The number of halogens is 2. The zero-order chi connectivity index (χ0) is 11.8. The summed E-state index contributed by atoms with van der Waals surface area (Å²) in [6.45, 7) is 0.639. The third-order valence-corrected chi connectivity index (χ3v) is 3.41. The van der Waals surface area contributed by atoms with Crippen molar-refractivity contribution in [2.75, 3.05) is 6.61 Å². The zero-order valence-corrected chi connectivity index (χ0v) is 10.4. The number of nitrogens with one attached hydrogen (secondary N) is 1. The number of hydrogen-bond acceptors (Lipinski definition) is 2. The molecule has 0 aliphatic carbocycles. The minimum Gasteiger partial charge on any atom is -0.492 e. The monoisotopic (exact) mass is 268 g/mol. The van der Waals surface area contributed by atoms with Crippen LogP contribution in [0.15, 0.2) is 24.5 Å². The van der Waals surface area contributed by atoms with Crippen molar-refractivity contribution in [1.82, 2.24) is 9.97 Å². The minimum atomic E-state index is 0.171. The topological polar surface area (TPSA) is 37.9 Å². The number of benzene rings is 1. The summed E-state index contributed by atoms with van der Waals surface area (Å²) in [5, 5.41) is 1.18. The first-order chi connectivity index (χ1) is 8.25. The quantitative estimate of drug-likeness (QED) is 0.858. The molecule has 1 N–H and O–H groups in total. The molecule has 1 atom stereocenters. The Morgan fingerprint density at radius 1 is 1.35 bits per heavy atom. The van der Waals surface area contributed by atoms with Gasteiger partial charge in [0.25, 0.3) is 0 Å². The number of imidazole rings is 1. The number of rotatable bonds is 1. The van der Waals surface area contributed by atoms with Gasteiger partial charge >= 0.3 is 0 Å². The molecule has 2 heterocycles. The molecule has 0 spiro atoms. The fourth-order valence-electron chi connectivity index (χ4n) is 2.18. The molecule has 0 saturated carbocycles. The van der Waals surface area contributed by atoms with Gasteiger partial charge in [-0.2, -0.15) is 0 Å². The van der Waals surface area contributed by atoms with Gasteiger partial charge in [0.1, 0.15) is 11.6 Å². The fraction of sp³-hybridized carbons (Fsp3) is 0.250. The molecule has 2 aromatic rings. The van der Waals surface area contributed by atoms with Crippen LogP contribution in [0, 0.1) is 0 Å². The SMILES string of the molecule is Clc1cc(Cl)c2c(c1)C(c1ncc[nH]1)CCO2. The van der Waals surface area contributed by atoms with Crippen LogP contribution < -0.4 is 4.74 Å². The van der Waals surface area contributed by atoms with Crippen LogP contribution in [0.5, 0.6) is 5.75 Å². The second-order valence-electron chi connectivity index (χ2n) is 3.97. The van der Waals surface area contributed by atoms with Crippen LogP contribution in [0.1, 0.15) is 23.7 Å². The highest BCUT2D eigenvalue weighted by Gasteiger charge is 2.27. The van der Waals surface area contributed by atoms with Crippen LogP contribution in [0.2, 0.25) is 10.0 Å². The van der Waals surface area contributed by atoms with Crippen molar-refractivity contribution in [2.24, 2.45) is 0 Å². The summed E-state index contributed by atoms with van der Waals surface area (Å²) < 4.78 is 5.61. The second-order valence-corrected chi connectivity index (χ2v) is 4.81. The molecule has 1 unspecified atom stereocenters. The predicted octanol–water partition coefficient (Wildman–Crippen LogP) is 3.63. The van der Waals surface area contributed by atoms with Gasteiger partial charge in [0.2, 0.25) is 0 Å². The van der Waals surface area contributed by atoms with Crippen molar-refractivity contribution < 1.29 is 4.74 Å². The molecule has 0 fully saturated rings. The first-order valence-corrected chi connectivity index (χ1v) is 6.12. The maximum Gasteiger partial charge on any atom is 0.141 e. The molecule has 5 heteroatoms. The van der Waals surface area contributed by atoms with E-state index >= 15 is 0 Å². The summed E-state index contributed by atoms with van der Waals surface area (Å²) in [6, 6.07) is 3.60. The van der Waals surface area contributed by atoms with E-state index in [1.807, 2.05) is 12.3 Å². The Kier molecular flexibility index (Phi) is 2.73. The minimum absolute atomic E-state index is 0.171. The van der Waals surface area contributed by atoms with Gasteiger partial charge in [-0.05, 0) is 18.6 Å². The molecule has 0 radical (unpaired) electrons. The van der Waals surface area contributed by atoms with Crippen LogP contribution in [-0.2, 0) is 0 Å². The average Bonchev–Trinajstić information content (AvgIpc) is 2.81. The first kappa shape index (κ1) is 10.9. The van der Waals surface area contributed by atoms with E-state index in [0.29, 0.717) is 16.7 Å². The molecule has 1 aliphatic rings.